The van der Waals surface area contributed by atoms with Gasteiger partial charge in [0.2, 0.25) is 15.3 Å². The van der Waals surface area contributed by atoms with Crippen molar-refractivity contribution in [1.29, 1.82) is 0 Å². The van der Waals surface area contributed by atoms with Crippen LogP contribution in [0.2, 0.25) is 10.0 Å². The summed E-state index contributed by atoms with van der Waals surface area (Å²) in [4.78, 5) is 14.9. The molecule has 0 saturated heterocycles. The second kappa shape index (κ2) is 5.43. The Morgan fingerprint density at radius 2 is 1.64 bits per heavy atom. The third-order valence-electron chi connectivity index (χ3n) is 3.24. The number of hydrogen-bond donors (Lipinski definition) is 1. The van der Waals surface area contributed by atoms with E-state index in [1.54, 1.807) is 12.1 Å². The predicted octanol–water partition coefficient (Wildman–Crippen LogP) is 3.67. The second-order valence-electron chi connectivity index (χ2n) is 4.60. The van der Waals surface area contributed by atoms with E-state index in [0.29, 0.717) is 15.6 Å². The minimum atomic E-state index is -3.94. The summed E-state index contributed by atoms with van der Waals surface area (Å²) in [6, 6.07) is 10.4. The van der Waals surface area contributed by atoms with Crippen LogP contribution in [0.5, 0.6) is 0 Å². The zero-order chi connectivity index (χ0) is 15.9. The van der Waals surface area contributed by atoms with Crippen molar-refractivity contribution in [2.45, 2.75) is 9.79 Å². The molecule has 112 valence electrons. The molecule has 0 amide bonds. The number of sulfone groups is 1. The SMILES string of the molecule is O=c1c(S(=O)(=O)c2ccc(Cl)cc2)c[nH]c2c(Cl)cccc12. The second-order valence-corrected chi connectivity index (χ2v) is 7.36. The maximum Gasteiger partial charge on any atom is 0.211 e. The van der Waals surface area contributed by atoms with Gasteiger partial charge >= 0.3 is 0 Å². The molecular formula is C15H9Cl2NO3S. The van der Waals surface area contributed by atoms with E-state index in [1.807, 2.05) is 0 Å². The number of hydrogen-bond acceptors (Lipinski definition) is 3. The van der Waals surface area contributed by atoms with Crippen LogP contribution < -0.4 is 5.43 Å². The normalized spacial score (nSPS) is 11.7. The van der Waals surface area contributed by atoms with Gasteiger partial charge < -0.3 is 4.98 Å². The molecule has 0 aliphatic rings. The molecule has 0 aliphatic carbocycles. The number of nitrogens with one attached hydrogen (secondary N) is 1. The summed E-state index contributed by atoms with van der Waals surface area (Å²) in [5.74, 6) is 0. The minimum Gasteiger partial charge on any atom is -0.358 e. The minimum absolute atomic E-state index is 0.00350. The standard InChI is InChI=1S/C15H9Cl2NO3S/c16-9-4-6-10(7-5-9)22(20,21)13-8-18-14-11(15(13)19)2-1-3-12(14)17/h1-8H,(H,18,19). The van der Waals surface area contributed by atoms with Gasteiger partial charge in [0.15, 0.2) is 0 Å². The molecule has 1 aromatic heterocycles. The van der Waals surface area contributed by atoms with Gasteiger partial charge in [-0.3, -0.25) is 4.79 Å². The first-order valence-corrected chi connectivity index (χ1v) is 8.46. The van der Waals surface area contributed by atoms with Gasteiger partial charge in [0, 0.05) is 16.6 Å². The fourth-order valence-corrected chi connectivity index (χ4v) is 3.81. The zero-order valence-corrected chi connectivity index (χ0v) is 13.3. The Hall–Kier alpha value is -1.82. The summed E-state index contributed by atoms with van der Waals surface area (Å²) >= 11 is 11.8. The van der Waals surface area contributed by atoms with Gasteiger partial charge in [-0.25, -0.2) is 8.42 Å². The Kier molecular flexibility index (Phi) is 3.72. The molecular weight excluding hydrogens is 345 g/mol. The van der Waals surface area contributed by atoms with Crippen molar-refractivity contribution in [2.75, 3.05) is 0 Å². The quantitative estimate of drug-likeness (QED) is 0.764. The summed E-state index contributed by atoms with van der Waals surface area (Å²) in [7, 11) is -3.94. The number of pyridine rings is 1. The van der Waals surface area contributed by atoms with Crippen molar-refractivity contribution in [2.24, 2.45) is 0 Å². The summed E-state index contributed by atoms with van der Waals surface area (Å²) in [5, 5.41) is 0.991. The summed E-state index contributed by atoms with van der Waals surface area (Å²) in [6.07, 6.45) is 1.17. The fraction of sp³-hybridized carbons (Fsp3) is 0. The van der Waals surface area contributed by atoms with Crippen LogP contribution in [-0.2, 0) is 9.84 Å². The van der Waals surface area contributed by atoms with Gasteiger partial charge in [-0.1, -0.05) is 29.3 Å². The van der Waals surface area contributed by atoms with Crippen molar-refractivity contribution in [3.8, 4) is 0 Å². The van der Waals surface area contributed by atoms with Crippen molar-refractivity contribution in [3.05, 3.63) is 68.9 Å². The number of aromatic amines is 1. The third kappa shape index (κ3) is 2.41. The molecule has 0 radical (unpaired) electrons. The van der Waals surface area contributed by atoms with Gasteiger partial charge in [0.1, 0.15) is 4.90 Å². The molecule has 7 heteroatoms. The molecule has 0 bridgehead atoms. The Morgan fingerprint density at radius 3 is 2.32 bits per heavy atom. The van der Waals surface area contributed by atoms with Gasteiger partial charge in [-0.15, -0.1) is 0 Å². The van der Waals surface area contributed by atoms with Crippen LogP contribution in [-0.4, -0.2) is 13.4 Å². The lowest BCUT2D eigenvalue weighted by molar-refractivity contribution is 0.595. The molecule has 0 saturated carbocycles. The largest absolute Gasteiger partial charge is 0.358 e. The number of benzene rings is 2. The summed E-state index contributed by atoms with van der Waals surface area (Å²) in [6.45, 7) is 0. The highest BCUT2D eigenvalue weighted by Gasteiger charge is 2.22. The monoisotopic (exact) mass is 353 g/mol. The molecule has 0 atom stereocenters. The van der Waals surface area contributed by atoms with Crippen LogP contribution in [0.3, 0.4) is 0 Å². The number of halogens is 2. The lowest BCUT2D eigenvalue weighted by Crippen LogP contribution is -2.16. The molecule has 2 aromatic carbocycles. The van der Waals surface area contributed by atoms with E-state index < -0.39 is 15.3 Å². The fourth-order valence-electron chi connectivity index (χ4n) is 2.14. The topological polar surface area (TPSA) is 67.0 Å². The zero-order valence-electron chi connectivity index (χ0n) is 11.0. The Morgan fingerprint density at radius 1 is 0.955 bits per heavy atom. The number of para-hydroxylation sites is 1. The van der Waals surface area contributed by atoms with E-state index in [-0.39, 0.29) is 15.2 Å². The maximum absolute atomic E-state index is 12.6. The molecule has 0 aliphatic heterocycles. The molecule has 0 spiro atoms. The molecule has 22 heavy (non-hydrogen) atoms. The molecule has 3 rings (SSSR count). The van der Waals surface area contributed by atoms with Gasteiger partial charge in [-0.05, 0) is 36.4 Å². The predicted molar refractivity (Wildman–Crippen MR) is 86.5 cm³/mol. The van der Waals surface area contributed by atoms with Crippen LogP contribution >= 0.6 is 23.2 Å². The molecule has 3 aromatic rings. The first-order chi connectivity index (χ1) is 10.4. The van der Waals surface area contributed by atoms with Gasteiger partial charge in [0.05, 0.1) is 15.4 Å². The molecule has 1 heterocycles. The van der Waals surface area contributed by atoms with Crippen molar-refractivity contribution < 1.29 is 8.42 Å². The van der Waals surface area contributed by atoms with Crippen LogP contribution in [0.15, 0.2) is 63.2 Å². The number of H-pyrrole nitrogens is 1. The smallest absolute Gasteiger partial charge is 0.211 e. The van der Waals surface area contributed by atoms with E-state index in [4.69, 9.17) is 23.2 Å². The van der Waals surface area contributed by atoms with Crippen molar-refractivity contribution in [3.63, 3.8) is 0 Å². The summed E-state index contributed by atoms with van der Waals surface area (Å²) < 4.78 is 25.2. The number of fused-ring (bicyclic) bond motifs is 1. The van der Waals surface area contributed by atoms with Crippen LogP contribution in [0.1, 0.15) is 0 Å². The molecule has 0 fully saturated rings. The highest BCUT2D eigenvalue weighted by atomic mass is 35.5. The Labute approximate surface area is 136 Å². The van der Waals surface area contributed by atoms with Crippen molar-refractivity contribution >= 4 is 43.9 Å². The molecule has 4 nitrogen and oxygen atoms in total. The first kappa shape index (κ1) is 15.1. The van der Waals surface area contributed by atoms with Crippen LogP contribution in [0.25, 0.3) is 10.9 Å². The van der Waals surface area contributed by atoms with E-state index in [0.717, 1.165) is 0 Å². The van der Waals surface area contributed by atoms with E-state index in [1.165, 1.54) is 36.5 Å². The maximum atomic E-state index is 12.6. The van der Waals surface area contributed by atoms with E-state index in [2.05, 4.69) is 4.98 Å². The Bertz CT molecular complexity index is 1020. The van der Waals surface area contributed by atoms with E-state index in [9.17, 15) is 13.2 Å². The van der Waals surface area contributed by atoms with Crippen LogP contribution in [0.4, 0.5) is 0 Å². The molecule has 1 N–H and O–H groups in total. The average Bonchev–Trinajstić information content (AvgIpc) is 2.49. The summed E-state index contributed by atoms with van der Waals surface area (Å²) in [5.41, 5.74) is -0.185. The van der Waals surface area contributed by atoms with Gasteiger partial charge in [-0.2, -0.15) is 0 Å². The van der Waals surface area contributed by atoms with Crippen LogP contribution in [0, 0.1) is 0 Å². The highest BCUT2D eigenvalue weighted by Crippen LogP contribution is 2.23. The number of aromatic nitrogens is 1. The van der Waals surface area contributed by atoms with Crippen molar-refractivity contribution in [1.82, 2.24) is 4.98 Å². The lowest BCUT2D eigenvalue weighted by Gasteiger charge is -2.06. The molecule has 0 unspecified atom stereocenters. The third-order valence-corrected chi connectivity index (χ3v) is 5.59. The first-order valence-electron chi connectivity index (χ1n) is 6.22. The average molecular weight is 354 g/mol. The van der Waals surface area contributed by atoms with E-state index >= 15 is 0 Å². The lowest BCUT2D eigenvalue weighted by atomic mass is 10.2. The highest BCUT2D eigenvalue weighted by molar-refractivity contribution is 7.91. The number of rotatable bonds is 2. The Balaban J connectivity index is 2.28. The van der Waals surface area contributed by atoms with Gasteiger partial charge in [0.25, 0.3) is 0 Å².